The number of hydrogen-bond acceptors (Lipinski definition) is 4. The van der Waals surface area contributed by atoms with Crippen molar-refractivity contribution in [2.24, 2.45) is 17.8 Å². The van der Waals surface area contributed by atoms with Gasteiger partial charge in [-0.15, -0.1) is 0 Å². The SMILES string of the molecule is C=C(C)C(=O)OCC(CO)Cc1ccc(OCC(C)CCC(C)CCCCC)cc1. The van der Waals surface area contributed by atoms with E-state index in [1.165, 1.54) is 38.5 Å². The van der Waals surface area contributed by atoms with Crippen LogP contribution in [0.4, 0.5) is 0 Å². The molecule has 0 bridgehead atoms. The molecule has 1 aromatic rings. The number of esters is 1. The number of carbonyl (C=O) groups excluding carboxylic acids is 1. The van der Waals surface area contributed by atoms with Gasteiger partial charge in [0.15, 0.2) is 0 Å². The number of aliphatic hydroxyl groups excluding tert-OH is 1. The monoisotopic (exact) mass is 418 g/mol. The quantitative estimate of drug-likeness (QED) is 0.204. The van der Waals surface area contributed by atoms with Crippen LogP contribution in [-0.2, 0) is 16.0 Å². The first-order valence-electron chi connectivity index (χ1n) is 11.5. The topological polar surface area (TPSA) is 55.8 Å². The Morgan fingerprint density at radius 2 is 1.70 bits per heavy atom. The lowest BCUT2D eigenvalue weighted by Crippen LogP contribution is -2.19. The van der Waals surface area contributed by atoms with Crippen LogP contribution in [0.5, 0.6) is 5.75 Å². The molecule has 30 heavy (non-hydrogen) atoms. The van der Waals surface area contributed by atoms with E-state index in [0.717, 1.165) is 23.8 Å². The number of benzene rings is 1. The van der Waals surface area contributed by atoms with E-state index in [1.807, 2.05) is 24.3 Å². The summed E-state index contributed by atoms with van der Waals surface area (Å²) in [7, 11) is 0. The van der Waals surface area contributed by atoms with Crippen LogP contribution in [0.15, 0.2) is 36.4 Å². The molecule has 1 aromatic carbocycles. The van der Waals surface area contributed by atoms with E-state index in [-0.39, 0.29) is 19.1 Å². The van der Waals surface area contributed by atoms with Crippen molar-refractivity contribution in [2.45, 2.75) is 72.6 Å². The molecule has 1 N–H and O–H groups in total. The van der Waals surface area contributed by atoms with Gasteiger partial charge in [-0.3, -0.25) is 0 Å². The van der Waals surface area contributed by atoms with Crippen molar-refractivity contribution in [3.63, 3.8) is 0 Å². The van der Waals surface area contributed by atoms with Crippen molar-refractivity contribution in [3.8, 4) is 5.75 Å². The van der Waals surface area contributed by atoms with E-state index in [0.29, 0.717) is 17.9 Å². The van der Waals surface area contributed by atoms with E-state index in [2.05, 4.69) is 27.4 Å². The lowest BCUT2D eigenvalue weighted by molar-refractivity contribution is -0.140. The predicted octanol–water partition coefficient (Wildman–Crippen LogP) is 5.97. The highest BCUT2D eigenvalue weighted by molar-refractivity contribution is 5.86. The molecule has 0 aliphatic heterocycles. The van der Waals surface area contributed by atoms with Crippen molar-refractivity contribution in [3.05, 3.63) is 42.0 Å². The van der Waals surface area contributed by atoms with E-state index in [4.69, 9.17) is 9.47 Å². The van der Waals surface area contributed by atoms with Gasteiger partial charge < -0.3 is 14.6 Å². The molecule has 0 aromatic heterocycles. The Hall–Kier alpha value is -1.81. The zero-order valence-corrected chi connectivity index (χ0v) is 19.5. The minimum absolute atomic E-state index is 0.0316. The summed E-state index contributed by atoms with van der Waals surface area (Å²) in [6.45, 7) is 12.9. The zero-order chi connectivity index (χ0) is 22.4. The van der Waals surface area contributed by atoms with Gasteiger partial charge in [0.05, 0.1) is 13.2 Å². The largest absolute Gasteiger partial charge is 0.493 e. The lowest BCUT2D eigenvalue weighted by Gasteiger charge is -2.17. The summed E-state index contributed by atoms with van der Waals surface area (Å²) in [5.41, 5.74) is 1.45. The third kappa shape index (κ3) is 11.4. The third-order valence-electron chi connectivity index (χ3n) is 5.49. The summed E-state index contributed by atoms with van der Waals surface area (Å²) in [4.78, 5) is 11.5. The highest BCUT2D eigenvalue weighted by Gasteiger charge is 2.13. The molecule has 3 unspecified atom stereocenters. The standard InChI is InChI=1S/C26H42O4/c1-6-7-8-9-21(4)10-11-22(5)18-29-25-14-12-23(13-15-25)16-24(17-27)19-30-26(28)20(2)3/h12-15,21-22,24,27H,2,6-11,16-19H2,1,3-5H3. The van der Waals surface area contributed by atoms with Crippen molar-refractivity contribution in [1.82, 2.24) is 0 Å². The Balaban J connectivity index is 2.34. The van der Waals surface area contributed by atoms with Gasteiger partial charge in [0.2, 0.25) is 0 Å². The van der Waals surface area contributed by atoms with Crippen LogP contribution in [0.25, 0.3) is 0 Å². The Bertz CT molecular complexity index is 608. The molecular weight excluding hydrogens is 376 g/mol. The summed E-state index contributed by atoms with van der Waals surface area (Å²) < 4.78 is 11.1. The zero-order valence-electron chi connectivity index (χ0n) is 19.5. The number of aliphatic hydroxyl groups is 1. The van der Waals surface area contributed by atoms with Gasteiger partial charge in [0.1, 0.15) is 5.75 Å². The molecule has 0 saturated heterocycles. The molecule has 170 valence electrons. The molecule has 0 aliphatic rings. The Kier molecular flexibility index (Phi) is 13.2. The summed E-state index contributed by atoms with van der Waals surface area (Å²) >= 11 is 0. The first kappa shape index (κ1) is 26.2. The first-order chi connectivity index (χ1) is 14.3. The van der Waals surface area contributed by atoms with Crippen LogP contribution < -0.4 is 4.74 Å². The number of hydrogen-bond donors (Lipinski definition) is 1. The lowest BCUT2D eigenvalue weighted by atomic mass is 9.94. The summed E-state index contributed by atoms with van der Waals surface area (Å²) in [5, 5.41) is 9.55. The normalized spacial score (nSPS) is 14.0. The minimum Gasteiger partial charge on any atom is -0.493 e. The van der Waals surface area contributed by atoms with Crippen LogP contribution in [0.1, 0.15) is 71.8 Å². The second-order valence-electron chi connectivity index (χ2n) is 8.87. The Labute approximate surface area is 183 Å². The van der Waals surface area contributed by atoms with Gasteiger partial charge in [0.25, 0.3) is 0 Å². The predicted molar refractivity (Wildman–Crippen MR) is 124 cm³/mol. The summed E-state index contributed by atoms with van der Waals surface area (Å²) in [5.74, 6) is 1.67. The van der Waals surface area contributed by atoms with Crippen LogP contribution >= 0.6 is 0 Å². The molecule has 0 fully saturated rings. The minimum atomic E-state index is -0.415. The number of carbonyl (C=O) groups is 1. The molecule has 0 saturated carbocycles. The van der Waals surface area contributed by atoms with E-state index < -0.39 is 5.97 Å². The highest BCUT2D eigenvalue weighted by Crippen LogP contribution is 2.20. The van der Waals surface area contributed by atoms with Gasteiger partial charge in [-0.25, -0.2) is 4.79 Å². The summed E-state index contributed by atoms with van der Waals surface area (Å²) in [6, 6.07) is 7.98. The van der Waals surface area contributed by atoms with Crippen molar-refractivity contribution in [2.75, 3.05) is 19.8 Å². The molecule has 3 atom stereocenters. The van der Waals surface area contributed by atoms with Gasteiger partial charge >= 0.3 is 5.97 Å². The van der Waals surface area contributed by atoms with Crippen LogP contribution in [0.2, 0.25) is 0 Å². The fraction of sp³-hybridized carbons (Fsp3) is 0.654. The van der Waals surface area contributed by atoms with Gasteiger partial charge in [-0.05, 0) is 49.3 Å². The van der Waals surface area contributed by atoms with E-state index in [1.54, 1.807) is 6.92 Å². The number of unbranched alkanes of at least 4 members (excludes halogenated alkanes) is 2. The molecule has 4 heteroatoms. The second-order valence-corrected chi connectivity index (χ2v) is 8.87. The van der Waals surface area contributed by atoms with E-state index in [9.17, 15) is 9.90 Å². The number of rotatable bonds is 16. The molecule has 1 rings (SSSR count). The molecule has 0 heterocycles. The van der Waals surface area contributed by atoms with Gasteiger partial charge in [-0.1, -0.05) is 71.6 Å². The highest BCUT2D eigenvalue weighted by atomic mass is 16.5. The number of ether oxygens (including phenoxy) is 2. The van der Waals surface area contributed by atoms with E-state index >= 15 is 0 Å². The van der Waals surface area contributed by atoms with Crippen LogP contribution in [-0.4, -0.2) is 30.9 Å². The average molecular weight is 419 g/mol. The maximum atomic E-state index is 11.5. The van der Waals surface area contributed by atoms with Crippen molar-refractivity contribution < 1.29 is 19.4 Å². The fourth-order valence-corrected chi connectivity index (χ4v) is 3.33. The average Bonchev–Trinajstić information content (AvgIpc) is 2.74. The smallest absolute Gasteiger partial charge is 0.333 e. The Morgan fingerprint density at radius 1 is 1.03 bits per heavy atom. The van der Waals surface area contributed by atoms with Crippen molar-refractivity contribution in [1.29, 1.82) is 0 Å². The molecule has 0 spiro atoms. The second kappa shape index (κ2) is 15.1. The van der Waals surface area contributed by atoms with Crippen molar-refractivity contribution >= 4 is 5.97 Å². The first-order valence-corrected chi connectivity index (χ1v) is 11.5. The summed E-state index contributed by atoms with van der Waals surface area (Å²) in [6.07, 6.45) is 8.44. The Morgan fingerprint density at radius 3 is 2.30 bits per heavy atom. The molecule has 0 aliphatic carbocycles. The molecule has 4 nitrogen and oxygen atoms in total. The van der Waals surface area contributed by atoms with Gasteiger partial charge in [-0.2, -0.15) is 0 Å². The fourth-order valence-electron chi connectivity index (χ4n) is 3.33. The maximum absolute atomic E-state index is 11.5. The van der Waals surface area contributed by atoms with Crippen LogP contribution in [0, 0.1) is 17.8 Å². The molecule has 0 radical (unpaired) electrons. The molecular formula is C26H42O4. The third-order valence-corrected chi connectivity index (χ3v) is 5.49. The van der Waals surface area contributed by atoms with Crippen LogP contribution in [0.3, 0.4) is 0 Å². The molecule has 0 amide bonds. The maximum Gasteiger partial charge on any atom is 0.333 e. The van der Waals surface area contributed by atoms with Gasteiger partial charge in [0, 0.05) is 18.1 Å².